The van der Waals surface area contributed by atoms with E-state index in [-0.39, 0.29) is 35.5 Å². The molecule has 1 aliphatic heterocycles. The van der Waals surface area contributed by atoms with Gasteiger partial charge in [-0.25, -0.2) is 9.18 Å². The van der Waals surface area contributed by atoms with E-state index in [4.69, 9.17) is 0 Å². The first kappa shape index (κ1) is 27.7. The number of nitroso groups, excluding NO2 is 1. The summed E-state index contributed by atoms with van der Waals surface area (Å²) in [6.45, 7) is -0.279. The molecule has 2 aromatic carbocycles. The highest BCUT2D eigenvalue weighted by Crippen LogP contribution is 2.55. The Labute approximate surface area is 207 Å². The van der Waals surface area contributed by atoms with Crippen LogP contribution in [0.25, 0.3) is 6.08 Å². The number of benzene rings is 2. The number of halogens is 11. The number of fused-ring (bicyclic) bond motifs is 1. The van der Waals surface area contributed by atoms with Crippen molar-refractivity contribution in [3.05, 3.63) is 61.6 Å². The monoisotopic (exact) mass is 643 g/mol. The number of amides is 1. The highest BCUT2D eigenvalue weighted by molar-refractivity contribution is 14.1. The summed E-state index contributed by atoms with van der Waals surface area (Å²) in [4.78, 5) is 23.4. The molecule has 36 heavy (non-hydrogen) atoms. The number of nitrogens with one attached hydrogen (secondary N) is 1. The zero-order valence-electron chi connectivity index (χ0n) is 17.1. The van der Waals surface area contributed by atoms with Gasteiger partial charge in [0.25, 0.3) is 0 Å². The lowest BCUT2D eigenvalue weighted by atomic mass is 9.93. The molecule has 1 amide bonds. The van der Waals surface area contributed by atoms with E-state index in [1.54, 1.807) is 0 Å². The van der Waals surface area contributed by atoms with E-state index >= 15 is 0 Å². The lowest BCUT2D eigenvalue weighted by Crippen LogP contribution is -2.69. The molecule has 5 nitrogen and oxygen atoms in total. The van der Waals surface area contributed by atoms with E-state index < -0.39 is 50.9 Å². The molecule has 194 valence electrons. The molecule has 0 radical (unpaired) electrons. The first-order chi connectivity index (χ1) is 16.4. The summed E-state index contributed by atoms with van der Waals surface area (Å²) < 4.78 is 137. The molecule has 1 heterocycles. The van der Waals surface area contributed by atoms with Crippen LogP contribution in [0, 0.1) is 8.48 Å². The van der Waals surface area contributed by atoms with Gasteiger partial charge in [-0.05, 0) is 52.4 Å². The van der Waals surface area contributed by atoms with Crippen LogP contribution in [-0.2, 0) is 5.67 Å². The van der Waals surface area contributed by atoms with Gasteiger partial charge in [0.05, 0.1) is 16.4 Å². The second-order valence-corrected chi connectivity index (χ2v) is 8.39. The molecular weight excluding hydrogens is 633 g/mol. The first-order valence-electron chi connectivity index (χ1n) is 9.33. The van der Waals surface area contributed by atoms with Crippen molar-refractivity contribution in [3.8, 4) is 5.75 Å². The van der Waals surface area contributed by atoms with E-state index in [9.17, 15) is 53.6 Å². The summed E-state index contributed by atoms with van der Waals surface area (Å²) in [6.07, 6.45) is -15.9. The Bertz CT molecular complexity index is 1220. The molecule has 0 unspecified atom stereocenters. The Hall–Kier alpha value is -2.92. The second-order valence-electron chi connectivity index (χ2n) is 7.22. The average Bonchev–Trinajstić information content (AvgIpc) is 2.74. The van der Waals surface area contributed by atoms with E-state index in [0.29, 0.717) is 0 Å². The van der Waals surface area contributed by atoms with Crippen molar-refractivity contribution in [2.24, 2.45) is 0 Å². The molecule has 0 spiro atoms. The van der Waals surface area contributed by atoms with Gasteiger partial charge in [-0.1, -0.05) is 18.2 Å². The molecule has 1 N–H and O–H groups in total. The van der Waals surface area contributed by atoms with Gasteiger partial charge in [-0.3, -0.25) is 0 Å². The fraction of sp³-hybridized carbons (Fsp3) is 0.250. The Kier molecular flexibility index (Phi) is 7.06. The van der Waals surface area contributed by atoms with Gasteiger partial charge >= 0.3 is 30.3 Å². The number of anilines is 2. The zero-order valence-corrected chi connectivity index (χ0v) is 19.2. The number of carbonyl (C=O) groups is 1. The topological polar surface area (TPSA) is 60.6 Å². The van der Waals surface area contributed by atoms with Gasteiger partial charge in [0.2, 0.25) is 0 Å². The second kappa shape index (κ2) is 9.19. The first-order valence-corrected chi connectivity index (χ1v) is 10.4. The SMILES string of the molecule is O=[NH+]C(=O)c1ccc2c(c1)N(c1c(I)cc(C(F)(C(F)(F)F)C(F)(F)F)cc1OC(F)(F)F)CC=C2. The maximum absolute atomic E-state index is 14.6. The van der Waals surface area contributed by atoms with Crippen LogP contribution in [-0.4, -0.2) is 31.2 Å². The van der Waals surface area contributed by atoms with Crippen LogP contribution in [0.1, 0.15) is 21.5 Å². The third-order valence-electron chi connectivity index (χ3n) is 4.96. The van der Waals surface area contributed by atoms with Crippen molar-refractivity contribution >= 4 is 45.9 Å². The van der Waals surface area contributed by atoms with Crippen LogP contribution in [0.2, 0.25) is 0 Å². The molecule has 0 aromatic heterocycles. The largest absolute Gasteiger partial charge is 0.573 e. The summed E-state index contributed by atoms with van der Waals surface area (Å²) in [7, 11) is 0. The van der Waals surface area contributed by atoms with E-state index in [1.807, 2.05) is 0 Å². The Morgan fingerprint density at radius 3 is 2.08 bits per heavy atom. The molecule has 3 rings (SSSR count). The van der Waals surface area contributed by atoms with Crippen LogP contribution in [0.4, 0.5) is 55.3 Å². The number of rotatable bonds is 4. The van der Waals surface area contributed by atoms with Crippen molar-refractivity contribution in [1.82, 2.24) is 0 Å². The zero-order chi connectivity index (χ0) is 27.3. The molecule has 0 aliphatic carbocycles. The quantitative estimate of drug-likeness (QED) is 0.347. The normalized spacial score (nSPS) is 14.5. The molecular formula is C20H10F10IN2O3+. The maximum Gasteiger partial charge on any atom is 0.573 e. The Balaban J connectivity index is 2.31. The van der Waals surface area contributed by atoms with Crippen LogP contribution < -0.4 is 14.8 Å². The number of ether oxygens (including phenoxy) is 1. The molecule has 1 aliphatic rings. The van der Waals surface area contributed by atoms with Gasteiger partial charge in [0, 0.05) is 26.3 Å². The van der Waals surface area contributed by atoms with Gasteiger partial charge in [0.1, 0.15) is 0 Å². The minimum absolute atomic E-state index is 0.0329. The summed E-state index contributed by atoms with van der Waals surface area (Å²) in [5.41, 5.74) is -8.86. The van der Waals surface area contributed by atoms with Crippen molar-refractivity contribution in [2.45, 2.75) is 24.4 Å². The van der Waals surface area contributed by atoms with Crippen molar-refractivity contribution < 1.29 is 58.6 Å². The average molecular weight is 643 g/mol. The minimum Gasteiger partial charge on any atom is -0.404 e. The number of alkyl halides is 10. The minimum atomic E-state index is -6.58. The molecule has 0 atom stereocenters. The lowest BCUT2D eigenvalue weighted by Gasteiger charge is -2.34. The number of nitrogens with zero attached hydrogens (tertiary/aromatic N) is 1. The number of carbonyl (C=O) groups excluding carboxylic acids is 1. The summed E-state index contributed by atoms with van der Waals surface area (Å²) in [5.74, 6) is -2.68. The van der Waals surface area contributed by atoms with E-state index in [1.165, 1.54) is 24.3 Å². The predicted molar refractivity (Wildman–Crippen MR) is 112 cm³/mol. The number of hydrogen-bond acceptors (Lipinski definition) is 4. The predicted octanol–water partition coefficient (Wildman–Crippen LogP) is 5.63. The van der Waals surface area contributed by atoms with Crippen LogP contribution in [0.3, 0.4) is 0 Å². The molecule has 2 aromatic rings. The Morgan fingerprint density at radius 1 is 0.944 bits per heavy atom. The van der Waals surface area contributed by atoms with Gasteiger partial charge < -0.3 is 9.64 Å². The molecule has 0 saturated heterocycles. The molecule has 0 bridgehead atoms. The standard InChI is InChI=1S/C20H9F10IN2O3/c21-17(18(22,23)24,19(25,26)27)11-7-12(31)15(14(8-11)36-20(28,29)30)33-5-1-2-9-3-4-10(6-13(9)33)16(34)32-35/h1-4,6-8H,5H2/p+1. The summed E-state index contributed by atoms with van der Waals surface area (Å²) in [6, 6.07) is 3.35. The van der Waals surface area contributed by atoms with Crippen LogP contribution in [0.15, 0.2) is 36.4 Å². The number of hydrogen-bond donors (Lipinski definition) is 1. The van der Waals surface area contributed by atoms with Crippen molar-refractivity contribution in [3.63, 3.8) is 0 Å². The van der Waals surface area contributed by atoms with Crippen molar-refractivity contribution in [2.75, 3.05) is 11.4 Å². The van der Waals surface area contributed by atoms with Crippen molar-refractivity contribution in [1.29, 1.82) is 0 Å². The molecule has 16 heteroatoms. The maximum atomic E-state index is 14.6. The fourth-order valence-corrected chi connectivity index (χ4v) is 4.33. The van der Waals surface area contributed by atoms with Gasteiger partial charge in [-0.15, -0.1) is 13.2 Å². The highest BCUT2D eigenvalue weighted by Gasteiger charge is 2.73. The van der Waals surface area contributed by atoms with Gasteiger partial charge in [0.15, 0.2) is 5.75 Å². The van der Waals surface area contributed by atoms with Crippen LogP contribution >= 0.6 is 22.6 Å². The fourth-order valence-electron chi connectivity index (χ4n) is 3.44. The molecule has 0 saturated carbocycles. The lowest BCUT2D eigenvalue weighted by molar-refractivity contribution is -0.369. The highest BCUT2D eigenvalue weighted by atomic mass is 127. The van der Waals surface area contributed by atoms with Gasteiger partial charge in [-0.2, -0.15) is 26.3 Å². The summed E-state index contributed by atoms with van der Waals surface area (Å²) in [5, 5.41) is 1.09. The molecule has 0 fully saturated rings. The van der Waals surface area contributed by atoms with E-state index in [0.717, 1.165) is 38.7 Å². The third kappa shape index (κ3) is 4.99. The summed E-state index contributed by atoms with van der Waals surface area (Å²) >= 11 is 1.15. The van der Waals surface area contributed by atoms with E-state index in [2.05, 4.69) is 4.74 Å². The Morgan fingerprint density at radius 2 is 1.56 bits per heavy atom. The third-order valence-corrected chi connectivity index (χ3v) is 5.79. The van der Waals surface area contributed by atoms with Crippen LogP contribution in [0.5, 0.6) is 5.75 Å². The smallest absolute Gasteiger partial charge is 0.404 e.